The van der Waals surface area contributed by atoms with E-state index in [1.807, 2.05) is 24.4 Å². The van der Waals surface area contributed by atoms with Crippen LogP contribution in [-0.2, 0) is 9.59 Å². The Morgan fingerprint density at radius 3 is 2.33 bits per heavy atom. The number of aliphatic hydroxyl groups excluding tert-OH is 1. The second-order valence-electron chi connectivity index (χ2n) is 11.2. The van der Waals surface area contributed by atoms with Crippen LogP contribution in [0, 0.1) is 5.92 Å². The Labute approximate surface area is 254 Å². The molecule has 3 unspecified atom stereocenters. The molecule has 232 valence electrons. The van der Waals surface area contributed by atoms with Gasteiger partial charge < -0.3 is 36.8 Å². The Hall–Kier alpha value is -4.11. The number of aromatic nitrogens is 1. The third-order valence-electron chi connectivity index (χ3n) is 7.98. The molecular formula is C34H47N5O4. The molecule has 0 bridgehead atoms. The van der Waals surface area contributed by atoms with Gasteiger partial charge in [0, 0.05) is 24.8 Å². The smallest absolute Gasteiger partial charge is 0.328 e. The molecule has 0 aliphatic heterocycles. The van der Waals surface area contributed by atoms with Crippen molar-refractivity contribution < 1.29 is 19.8 Å². The molecule has 3 rings (SSSR count). The zero-order chi connectivity index (χ0) is 30.9. The molecule has 0 spiro atoms. The van der Waals surface area contributed by atoms with Crippen molar-refractivity contribution in [3.8, 4) is 0 Å². The standard InChI is InChI=1S/C34H47N5O4/c35-34(36)38-23-30(22-33(42)43)31(39-32-14-7-19-37-32)18-17-27(29-16-15-26-12-5-6-13-28(26)21-29)11-4-2-1-3-9-25(24-41)10-8-20-40/h5-7,12-16,19,21-22,24-25,27,31,37,39-40H,1-4,8-11,17-18,20,23H2,(H,42,43)(H4,35,36,38). The fraction of sp³-hybridized carbons (Fsp3) is 0.441. The number of aldehydes is 1. The summed E-state index contributed by atoms with van der Waals surface area (Å²) < 4.78 is 0. The van der Waals surface area contributed by atoms with Gasteiger partial charge in [-0.3, -0.25) is 0 Å². The van der Waals surface area contributed by atoms with Crippen LogP contribution in [0.1, 0.15) is 75.7 Å². The maximum absolute atomic E-state index is 11.7. The zero-order valence-electron chi connectivity index (χ0n) is 25.0. The lowest BCUT2D eigenvalue weighted by molar-refractivity contribution is -0.131. The molecule has 0 radical (unpaired) electrons. The van der Waals surface area contributed by atoms with Crippen molar-refractivity contribution in [1.29, 1.82) is 0 Å². The molecule has 2 aromatic carbocycles. The van der Waals surface area contributed by atoms with E-state index in [2.05, 4.69) is 51.7 Å². The van der Waals surface area contributed by atoms with E-state index in [1.54, 1.807) is 0 Å². The number of hydrogen-bond donors (Lipinski definition) is 6. The number of nitrogens with one attached hydrogen (secondary N) is 2. The van der Waals surface area contributed by atoms with Gasteiger partial charge in [0.15, 0.2) is 5.96 Å². The number of rotatable bonds is 21. The van der Waals surface area contributed by atoms with Crippen LogP contribution >= 0.6 is 0 Å². The number of fused-ring (bicyclic) bond motifs is 1. The van der Waals surface area contributed by atoms with Crippen LogP contribution in [0.15, 0.2) is 77.4 Å². The topological polar surface area (TPSA) is 167 Å². The van der Waals surface area contributed by atoms with Crippen molar-refractivity contribution in [3.05, 3.63) is 78.0 Å². The van der Waals surface area contributed by atoms with E-state index in [9.17, 15) is 14.7 Å². The molecule has 3 aromatic rings. The number of carboxylic acid groups (broad SMARTS) is 1. The number of H-pyrrole nitrogens is 1. The van der Waals surface area contributed by atoms with Crippen molar-refractivity contribution in [3.63, 3.8) is 0 Å². The van der Waals surface area contributed by atoms with Gasteiger partial charge in [-0.15, -0.1) is 0 Å². The lowest BCUT2D eigenvalue weighted by Crippen LogP contribution is -2.28. The number of aliphatic imine (C=N–C) groups is 1. The molecule has 9 nitrogen and oxygen atoms in total. The van der Waals surface area contributed by atoms with Crippen molar-refractivity contribution >= 4 is 34.8 Å². The minimum absolute atomic E-state index is 0.0358. The molecule has 3 atom stereocenters. The molecule has 0 saturated heterocycles. The van der Waals surface area contributed by atoms with Gasteiger partial charge >= 0.3 is 5.97 Å². The Morgan fingerprint density at radius 1 is 0.907 bits per heavy atom. The van der Waals surface area contributed by atoms with Gasteiger partial charge in [0.2, 0.25) is 0 Å². The summed E-state index contributed by atoms with van der Waals surface area (Å²) >= 11 is 0. The SMILES string of the molecule is NC(N)=NCC(=CC(=O)O)C(CCC(CCCCCCC(C=O)CCCO)c1ccc2ccccc2c1)Nc1ccc[nH]1. The average molecular weight is 590 g/mol. The van der Waals surface area contributed by atoms with Gasteiger partial charge in [-0.2, -0.15) is 0 Å². The van der Waals surface area contributed by atoms with Gasteiger partial charge in [-0.25, -0.2) is 9.79 Å². The normalized spacial score (nSPS) is 13.7. The Kier molecular flexibility index (Phi) is 14.3. The van der Waals surface area contributed by atoms with E-state index in [0.29, 0.717) is 18.4 Å². The molecule has 8 N–H and O–H groups in total. The summed E-state index contributed by atoms with van der Waals surface area (Å²) in [5.41, 5.74) is 13.0. The van der Waals surface area contributed by atoms with Crippen molar-refractivity contribution in [2.24, 2.45) is 22.4 Å². The fourth-order valence-corrected chi connectivity index (χ4v) is 5.65. The number of nitrogens with two attached hydrogens (primary N) is 2. The molecule has 0 fully saturated rings. The second-order valence-corrected chi connectivity index (χ2v) is 11.2. The van der Waals surface area contributed by atoms with Crippen LogP contribution in [0.4, 0.5) is 5.82 Å². The highest BCUT2D eigenvalue weighted by Gasteiger charge is 2.20. The van der Waals surface area contributed by atoms with Crippen LogP contribution in [0.2, 0.25) is 0 Å². The summed E-state index contributed by atoms with van der Waals surface area (Å²) in [4.78, 5) is 30.3. The van der Waals surface area contributed by atoms with E-state index >= 15 is 0 Å². The summed E-state index contributed by atoms with van der Waals surface area (Å²) in [6.45, 7) is 0.220. The van der Waals surface area contributed by atoms with Crippen molar-refractivity contribution in [2.45, 2.75) is 76.2 Å². The predicted octanol–water partition coefficient (Wildman–Crippen LogP) is 5.73. The highest BCUT2D eigenvalue weighted by Crippen LogP contribution is 2.32. The number of nitrogens with zero attached hydrogens (tertiary/aromatic N) is 1. The lowest BCUT2D eigenvalue weighted by atomic mass is 9.85. The van der Waals surface area contributed by atoms with E-state index in [4.69, 9.17) is 16.6 Å². The Bertz CT molecular complexity index is 1320. The van der Waals surface area contributed by atoms with Crippen LogP contribution in [0.5, 0.6) is 0 Å². The van der Waals surface area contributed by atoms with Gasteiger partial charge in [0.1, 0.15) is 12.1 Å². The van der Waals surface area contributed by atoms with Crippen molar-refractivity contribution in [2.75, 3.05) is 18.5 Å². The summed E-state index contributed by atoms with van der Waals surface area (Å²) in [5, 5.41) is 24.5. The number of benzene rings is 2. The minimum atomic E-state index is -1.04. The summed E-state index contributed by atoms with van der Waals surface area (Å²) in [7, 11) is 0. The number of aliphatic hydroxyl groups is 1. The first kappa shape index (κ1) is 33.4. The zero-order valence-corrected chi connectivity index (χ0v) is 25.0. The molecule has 43 heavy (non-hydrogen) atoms. The maximum Gasteiger partial charge on any atom is 0.328 e. The minimum Gasteiger partial charge on any atom is -0.478 e. The Morgan fingerprint density at radius 2 is 1.65 bits per heavy atom. The van der Waals surface area contributed by atoms with Crippen LogP contribution in [-0.4, -0.2) is 52.6 Å². The first-order valence-corrected chi connectivity index (χ1v) is 15.3. The molecule has 9 heteroatoms. The van der Waals surface area contributed by atoms with E-state index in [-0.39, 0.29) is 37.0 Å². The number of carboxylic acids is 1. The third-order valence-corrected chi connectivity index (χ3v) is 7.98. The summed E-state index contributed by atoms with van der Waals surface area (Å²) in [6, 6.07) is 18.5. The number of aromatic amines is 1. The maximum atomic E-state index is 11.7. The van der Waals surface area contributed by atoms with Crippen LogP contribution in [0.25, 0.3) is 10.8 Å². The quantitative estimate of drug-likeness (QED) is 0.0303. The first-order valence-electron chi connectivity index (χ1n) is 15.3. The Balaban J connectivity index is 1.74. The van der Waals surface area contributed by atoms with Gasteiger partial charge in [0.05, 0.1) is 12.6 Å². The van der Waals surface area contributed by atoms with Crippen LogP contribution < -0.4 is 16.8 Å². The van der Waals surface area contributed by atoms with Gasteiger partial charge in [-0.1, -0.05) is 68.1 Å². The lowest BCUT2D eigenvalue weighted by Gasteiger charge is -2.25. The number of unbranched alkanes of at least 4 members (excludes halogenated alkanes) is 3. The number of guanidine groups is 1. The van der Waals surface area contributed by atoms with E-state index in [0.717, 1.165) is 63.5 Å². The molecule has 0 amide bonds. The van der Waals surface area contributed by atoms with Gasteiger partial charge in [0.25, 0.3) is 0 Å². The number of aliphatic carboxylic acids is 1. The average Bonchev–Trinajstić information content (AvgIpc) is 3.52. The van der Waals surface area contributed by atoms with E-state index < -0.39 is 5.97 Å². The van der Waals surface area contributed by atoms with Crippen molar-refractivity contribution in [1.82, 2.24) is 4.98 Å². The van der Waals surface area contributed by atoms with Crippen LogP contribution in [0.3, 0.4) is 0 Å². The summed E-state index contributed by atoms with van der Waals surface area (Å²) in [6.07, 6.45) is 13.1. The molecule has 1 aromatic heterocycles. The first-order chi connectivity index (χ1) is 20.9. The number of anilines is 1. The highest BCUT2D eigenvalue weighted by molar-refractivity contribution is 5.83. The number of hydrogen-bond acceptors (Lipinski definition) is 5. The number of carbonyl (C=O) groups excluding carboxylic acids is 1. The molecule has 0 aliphatic rings. The fourth-order valence-electron chi connectivity index (χ4n) is 5.65. The van der Waals surface area contributed by atoms with Gasteiger partial charge in [-0.05, 0) is 78.5 Å². The number of carbonyl (C=O) groups is 2. The second kappa shape index (κ2) is 18.4. The monoisotopic (exact) mass is 589 g/mol. The molecular weight excluding hydrogens is 542 g/mol. The predicted molar refractivity (Wildman–Crippen MR) is 174 cm³/mol. The summed E-state index contributed by atoms with van der Waals surface area (Å²) in [5.74, 6) is -0.0244. The van der Waals surface area contributed by atoms with E-state index in [1.165, 1.54) is 22.4 Å². The highest BCUT2D eigenvalue weighted by atomic mass is 16.4. The molecule has 1 heterocycles. The third kappa shape index (κ3) is 12.0. The largest absolute Gasteiger partial charge is 0.478 e. The molecule has 0 aliphatic carbocycles. The molecule has 0 saturated carbocycles.